The molecule has 21 heavy (non-hydrogen) atoms. The summed E-state index contributed by atoms with van der Waals surface area (Å²) in [6.07, 6.45) is 0.972. The molecule has 1 aromatic carbocycles. The summed E-state index contributed by atoms with van der Waals surface area (Å²) in [5, 5.41) is 3.20. The van der Waals surface area contributed by atoms with Crippen LogP contribution < -0.4 is 10.1 Å². The fraction of sp³-hybridized carbons (Fsp3) is 0.250. The van der Waals surface area contributed by atoms with Gasteiger partial charge in [-0.3, -0.25) is 4.79 Å². The third-order valence-electron chi connectivity index (χ3n) is 2.93. The fourth-order valence-corrected chi connectivity index (χ4v) is 1.94. The predicted octanol–water partition coefficient (Wildman–Crippen LogP) is 3.76. The molecule has 1 aromatic heterocycles. The van der Waals surface area contributed by atoms with Crippen LogP contribution in [0.2, 0.25) is 5.02 Å². The Morgan fingerprint density at radius 2 is 1.95 bits per heavy atom. The Labute approximate surface area is 129 Å². The number of benzene rings is 1. The third-order valence-corrected chi connectivity index (χ3v) is 3.24. The lowest BCUT2D eigenvalue weighted by Gasteiger charge is -2.16. The minimum Gasteiger partial charge on any atom is -0.479 e. The van der Waals surface area contributed by atoms with Gasteiger partial charge in [-0.15, -0.1) is 0 Å². The van der Waals surface area contributed by atoms with E-state index in [0.29, 0.717) is 16.6 Å². The molecule has 2 aromatic rings. The first kappa shape index (κ1) is 15.3. The van der Waals surface area contributed by atoms with E-state index in [1.807, 2.05) is 26.0 Å². The van der Waals surface area contributed by atoms with Crippen LogP contribution in [0, 0.1) is 13.8 Å². The number of aromatic nitrogens is 1. The molecular formula is C16H17ClN2O2. The molecule has 0 saturated carbocycles. The summed E-state index contributed by atoms with van der Waals surface area (Å²) in [5.41, 5.74) is 2.04. The number of hydrogen-bond acceptors (Lipinski definition) is 3. The molecule has 2 rings (SSSR count). The number of carbonyl (C=O) groups excluding carboxylic acids is 1. The van der Waals surface area contributed by atoms with Crippen molar-refractivity contribution in [3.63, 3.8) is 0 Å². The van der Waals surface area contributed by atoms with Crippen LogP contribution in [0.15, 0.2) is 36.5 Å². The Morgan fingerprint density at radius 3 is 2.67 bits per heavy atom. The summed E-state index contributed by atoms with van der Waals surface area (Å²) < 4.78 is 5.62. The molecule has 0 aliphatic carbocycles. The quantitative estimate of drug-likeness (QED) is 0.935. The molecule has 0 aliphatic heterocycles. The number of halogens is 1. The molecule has 0 fully saturated rings. The highest BCUT2D eigenvalue weighted by Gasteiger charge is 2.16. The second kappa shape index (κ2) is 6.59. The van der Waals surface area contributed by atoms with Gasteiger partial charge in [0.05, 0.1) is 5.02 Å². The lowest BCUT2D eigenvalue weighted by molar-refractivity contribution is -0.122. The lowest BCUT2D eigenvalue weighted by Crippen LogP contribution is -2.30. The molecule has 1 atom stereocenters. The van der Waals surface area contributed by atoms with Gasteiger partial charge in [0.15, 0.2) is 6.10 Å². The largest absolute Gasteiger partial charge is 0.479 e. The van der Waals surface area contributed by atoms with E-state index in [-0.39, 0.29) is 5.91 Å². The maximum atomic E-state index is 12.1. The number of aryl methyl sites for hydroxylation is 2. The first-order chi connectivity index (χ1) is 9.95. The minimum absolute atomic E-state index is 0.273. The smallest absolute Gasteiger partial charge is 0.266 e. The number of rotatable bonds is 4. The van der Waals surface area contributed by atoms with E-state index >= 15 is 0 Å². The number of ether oxygens (including phenoxy) is 1. The number of amides is 1. The van der Waals surface area contributed by atoms with Gasteiger partial charge in [0.2, 0.25) is 0 Å². The molecule has 0 aliphatic rings. The van der Waals surface area contributed by atoms with Crippen molar-refractivity contribution >= 4 is 23.3 Å². The average Bonchev–Trinajstić information content (AvgIpc) is 2.43. The van der Waals surface area contributed by atoms with Crippen molar-refractivity contribution in [2.24, 2.45) is 0 Å². The second-order valence-electron chi connectivity index (χ2n) is 4.90. The van der Waals surface area contributed by atoms with Crippen LogP contribution >= 0.6 is 11.6 Å². The predicted molar refractivity (Wildman–Crippen MR) is 83.9 cm³/mol. The highest BCUT2D eigenvalue weighted by atomic mass is 35.5. The summed E-state index contributed by atoms with van der Waals surface area (Å²) in [6.45, 7) is 5.54. The summed E-state index contributed by atoms with van der Waals surface area (Å²) >= 11 is 6.06. The van der Waals surface area contributed by atoms with Gasteiger partial charge in [-0.1, -0.05) is 17.7 Å². The van der Waals surface area contributed by atoms with Crippen LogP contribution in [0.25, 0.3) is 0 Å². The fourth-order valence-electron chi connectivity index (χ4n) is 1.78. The maximum Gasteiger partial charge on any atom is 0.266 e. The van der Waals surface area contributed by atoms with Crippen LogP contribution in [0.4, 0.5) is 5.82 Å². The van der Waals surface area contributed by atoms with Gasteiger partial charge in [0.25, 0.3) is 5.91 Å². The summed E-state index contributed by atoms with van der Waals surface area (Å²) in [5.74, 6) is 0.730. The number of nitrogens with one attached hydrogen (secondary N) is 1. The SMILES string of the molecule is Cc1ccnc(NC(=O)[C@@H](C)Oc2cc(C)ccc2Cl)c1. The Balaban J connectivity index is 2.04. The Bertz CT molecular complexity index is 658. The molecule has 5 heteroatoms. The Hall–Kier alpha value is -2.07. The van der Waals surface area contributed by atoms with E-state index in [4.69, 9.17) is 16.3 Å². The molecule has 0 spiro atoms. The third kappa shape index (κ3) is 4.20. The van der Waals surface area contributed by atoms with Gasteiger partial charge in [-0.25, -0.2) is 4.98 Å². The zero-order chi connectivity index (χ0) is 15.4. The lowest BCUT2D eigenvalue weighted by atomic mass is 10.2. The molecule has 4 nitrogen and oxygen atoms in total. The van der Waals surface area contributed by atoms with E-state index < -0.39 is 6.10 Å². The van der Waals surface area contributed by atoms with E-state index in [9.17, 15) is 4.79 Å². The number of pyridine rings is 1. The van der Waals surface area contributed by atoms with Crippen LogP contribution in [0.1, 0.15) is 18.1 Å². The van der Waals surface area contributed by atoms with Gasteiger partial charge < -0.3 is 10.1 Å². The van der Waals surface area contributed by atoms with Gasteiger partial charge in [0.1, 0.15) is 11.6 Å². The van der Waals surface area contributed by atoms with Crippen LogP contribution in [-0.2, 0) is 4.79 Å². The van der Waals surface area contributed by atoms with E-state index in [1.165, 1.54) is 0 Å². The monoisotopic (exact) mass is 304 g/mol. The Morgan fingerprint density at radius 1 is 1.24 bits per heavy atom. The van der Waals surface area contributed by atoms with Gasteiger partial charge >= 0.3 is 0 Å². The van der Waals surface area contributed by atoms with E-state index in [1.54, 1.807) is 31.3 Å². The van der Waals surface area contributed by atoms with Crippen molar-refractivity contribution < 1.29 is 9.53 Å². The first-order valence-electron chi connectivity index (χ1n) is 6.62. The summed E-state index contributed by atoms with van der Waals surface area (Å²) in [6, 6.07) is 9.10. The van der Waals surface area contributed by atoms with Crippen molar-refractivity contribution in [2.45, 2.75) is 26.9 Å². The molecule has 1 heterocycles. The molecule has 0 saturated heterocycles. The minimum atomic E-state index is -0.674. The molecule has 1 amide bonds. The number of anilines is 1. The van der Waals surface area contributed by atoms with E-state index in [2.05, 4.69) is 10.3 Å². The molecule has 110 valence electrons. The topological polar surface area (TPSA) is 51.2 Å². The molecule has 0 bridgehead atoms. The standard InChI is InChI=1S/C16H17ClN2O2/c1-10-4-5-13(17)14(8-10)21-12(3)16(20)19-15-9-11(2)6-7-18-15/h4-9,12H,1-3H3,(H,18,19,20)/t12-/m1/s1. The Kier molecular flexibility index (Phi) is 4.81. The van der Waals surface area contributed by atoms with Gasteiger partial charge in [-0.2, -0.15) is 0 Å². The number of nitrogens with zero attached hydrogens (tertiary/aromatic N) is 1. The number of carbonyl (C=O) groups is 1. The van der Waals surface area contributed by atoms with E-state index in [0.717, 1.165) is 11.1 Å². The number of hydrogen-bond donors (Lipinski definition) is 1. The summed E-state index contributed by atoms with van der Waals surface area (Å²) in [4.78, 5) is 16.2. The second-order valence-corrected chi connectivity index (χ2v) is 5.31. The molecule has 1 N–H and O–H groups in total. The van der Waals surface area contributed by atoms with Gasteiger partial charge in [0, 0.05) is 6.20 Å². The van der Waals surface area contributed by atoms with Crippen molar-refractivity contribution in [2.75, 3.05) is 5.32 Å². The average molecular weight is 305 g/mol. The van der Waals surface area contributed by atoms with Crippen LogP contribution in [0.5, 0.6) is 5.75 Å². The van der Waals surface area contributed by atoms with Crippen molar-refractivity contribution in [1.29, 1.82) is 0 Å². The normalized spacial score (nSPS) is 11.8. The highest BCUT2D eigenvalue weighted by Crippen LogP contribution is 2.26. The maximum absolute atomic E-state index is 12.1. The van der Waals surface area contributed by atoms with Gasteiger partial charge in [-0.05, 0) is 56.2 Å². The molecule has 0 radical (unpaired) electrons. The van der Waals surface area contributed by atoms with Crippen molar-refractivity contribution in [1.82, 2.24) is 4.98 Å². The molecule has 0 unspecified atom stereocenters. The summed E-state index contributed by atoms with van der Waals surface area (Å²) in [7, 11) is 0. The highest BCUT2D eigenvalue weighted by molar-refractivity contribution is 6.32. The molecular weight excluding hydrogens is 288 g/mol. The van der Waals surface area contributed by atoms with Crippen molar-refractivity contribution in [3.05, 3.63) is 52.7 Å². The van der Waals surface area contributed by atoms with Crippen molar-refractivity contribution in [3.8, 4) is 5.75 Å². The zero-order valence-electron chi connectivity index (χ0n) is 12.2. The first-order valence-corrected chi connectivity index (χ1v) is 7.00. The van der Waals surface area contributed by atoms with Crippen LogP contribution in [0.3, 0.4) is 0 Å². The van der Waals surface area contributed by atoms with Crippen LogP contribution in [-0.4, -0.2) is 17.0 Å². The zero-order valence-corrected chi connectivity index (χ0v) is 12.9.